The van der Waals surface area contributed by atoms with E-state index in [1.54, 1.807) is 31.6 Å². The summed E-state index contributed by atoms with van der Waals surface area (Å²) >= 11 is 0. The zero-order chi connectivity index (χ0) is 14.9. The molecule has 0 saturated heterocycles. The fourth-order valence-electron chi connectivity index (χ4n) is 2.44. The molecule has 0 spiro atoms. The molecule has 0 unspecified atom stereocenters. The van der Waals surface area contributed by atoms with Crippen molar-refractivity contribution >= 4 is 17.6 Å². The Kier molecular flexibility index (Phi) is 5.99. The Hall–Kier alpha value is -2.11. The van der Waals surface area contributed by atoms with Gasteiger partial charge in [-0.2, -0.15) is 0 Å². The van der Waals surface area contributed by atoms with Gasteiger partial charge in [0.05, 0.1) is 18.4 Å². The average molecular weight is 289 g/mol. The van der Waals surface area contributed by atoms with Crippen molar-refractivity contribution in [3.05, 3.63) is 24.5 Å². The normalized spacial score (nSPS) is 16.3. The molecule has 1 aliphatic carbocycles. The molecule has 6 nitrogen and oxygen atoms in total. The van der Waals surface area contributed by atoms with Crippen LogP contribution in [0.1, 0.15) is 32.1 Å². The first-order valence-electron chi connectivity index (χ1n) is 7.45. The minimum Gasteiger partial charge on any atom is -0.354 e. The van der Waals surface area contributed by atoms with E-state index in [4.69, 9.17) is 0 Å². The fraction of sp³-hybridized carbons (Fsp3) is 0.533. The van der Waals surface area contributed by atoms with E-state index >= 15 is 0 Å². The SMILES string of the molecule is CN=C(NCC(=O)Nc1cccnc1)NC1CCCCC1. The van der Waals surface area contributed by atoms with Crippen LogP contribution in [0.2, 0.25) is 0 Å². The van der Waals surface area contributed by atoms with Crippen LogP contribution >= 0.6 is 0 Å². The number of hydrogen-bond acceptors (Lipinski definition) is 3. The van der Waals surface area contributed by atoms with E-state index in [2.05, 4.69) is 25.9 Å². The summed E-state index contributed by atoms with van der Waals surface area (Å²) < 4.78 is 0. The van der Waals surface area contributed by atoms with Crippen LogP contribution in [0.3, 0.4) is 0 Å². The van der Waals surface area contributed by atoms with Gasteiger partial charge in [-0.3, -0.25) is 14.8 Å². The number of aromatic nitrogens is 1. The highest BCUT2D eigenvalue weighted by Gasteiger charge is 2.14. The molecule has 3 N–H and O–H groups in total. The van der Waals surface area contributed by atoms with E-state index in [9.17, 15) is 4.79 Å². The number of amides is 1. The van der Waals surface area contributed by atoms with Gasteiger partial charge >= 0.3 is 0 Å². The van der Waals surface area contributed by atoms with Crippen LogP contribution < -0.4 is 16.0 Å². The molecule has 0 atom stereocenters. The van der Waals surface area contributed by atoms with Gasteiger partial charge in [0.2, 0.25) is 5.91 Å². The molecule has 1 fully saturated rings. The molecule has 21 heavy (non-hydrogen) atoms. The van der Waals surface area contributed by atoms with Crippen molar-refractivity contribution in [1.29, 1.82) is 0 Å². The van der Waals surface area contributed by atoms with Gasteiger partial charge in [-0.25, -0.2) is 0 Å². The second-order valence-corrected chi connectivity index (χ2v) is 5.19. The van der Waals surface area contributed by atoms with Crippen molar-refractivity contribution in [2.45, 2.75) is 38.1 Å². The Morgan fingerprint density at radius 3 is 2.86 bits per heavy atom. The van der Waals surface area contributed by atoms with Crippen LogP contribution in [0.15, 0.2) is 29.5 Å². The first-order valence-corrected chi connectivity index (χ1v) is 7.45. The van der Waals surface area contributed by atoms with Gasteiger partial charge in [-0.1, -0.05) is 19.3 Å². The smallest absolute Gasteiger partial charge is 0.243 e. The maximum absolute atomic E-state index is 11.8. The van der Waals surface area contributed by atoms with Crippen molar-refractivity contribution in [3.8, 4) is 0 Å². The van der Waals surface area contributed by atoms with Crippen LogP contribution in [0.5, 0.6) is 0 Å². The van der Waals surface area contributed by atoms with Gasteiger partial charge < -0.3 is 16.0 Å². The van der Waals surface area contributed by atoms with Gasteiger partial charge in [0.1, 0.15) is 0 Å². The molecule has 0 bridgehead atoms. The van der Waals surface area contributed by atoms with E-state index in [0.717, 1.165) is 0 Å². The van der Waals surface area contributed by atoms with E-state index < -0.39 is 0 Å². The summed E-state index contributed by atoms with van der Waals surface area (Å²) in [6, 6.07) is 4.05. The third-order valence-electron chi connectivity index (χ3n) is 3.53. The first-order chi connectivity index (χ1) is 10.3. The Morgan fingerprint density at radius 2 is 2.19 bits per heavy atom. The number of carbonyl (C=O) groups excluding carboxylic acids is 1. The summed E-state index contributed by atoms with van der Waals surface area (Å²) in [5.74, 6) is 0.567. The lowest BCUT2D eigenvalue weighted by atomic mass is 9.96. The lowest BCUT2D eigenvalue weighted by Crippen LogP contribution is -2.46. The van der Waals surface area contributed by atoms with Crippen molar-refractivity contribution in [2.75, 3.05) is 18.9 Å². The third-order valence-corrected chi connectivity index (χ3v) is 3.53. The van der Waals surface area contributed by atoms with Crippen molar-refractivity contribution < 1.29 is 4.79 Å². The zero-order valence-electron chi connectivity index (χ0n) is 12.4. The monoisotopic (exact) mass is 289 g/mol. The molecule has 114 valence electrons. The van der Waals surface area contributed by atoms with E-state index in [0.29, 0.717) is 17.7 Å². The number of nitrogens with zero attached hydrogens (tertiary/aromatic N) is 2. The Morgan fingerprint density at radius 1 is 1.38 bits per heavy atom. The summed E-state index contributed by atoms with van der Waals surface area (Å²) in [7, 11) is 1.72. The van der Waals surface area contributed by atoms with Crippen LogP contribution in [-0.2, 0) is 4.79 Å². The Labute approximate surface area is 125 Å². The molecule has 1 aromatic heterocycles. The topological polar surface area (TPSA) is 78.4 Å². The van der Waals surface area contributed by atoms with Gasteiger partial charge in [-0.05, 0) is 25.0 Å². The number of anilines is 1. The molecule has 1 aromatic rings. The summed E-state index contributed by atoms with van der Waals surface area (Å²) in [6.45, 7) is 0.182. The minimum atomic E-state index is -0.116. The van der Waals surface area contributed by atoms with Crippen LogP contribution in [0.25, 0.3) is 0 Å². The molecule has 1 aliphatic rings. The highest BCUT2D eigenvalue weighted by atomic mass is 16.1. The largest absolute Gasteiger partial charge is 0.354 e. The standard InChI is InChI=1S/C15H23N5O/c1-16-15(20-12-6-3-2-4-7-12)18-11-14(21)19-13-8-5-9-17-10-13/h5,8-10,12H,2-4,6-7,11H2,1H3,(H,19,21)(H2,16,18,20). The molecule has 0 aromatic carbocycles. The van der Waals surface area contributed by atoms with Crippen molar-refractivity contribution in [2.24, 2.45) is 4.99 Å². The zero-order valence-corrected chi connectivity index (χ0v) is 12.4. The number of nitrogens with one attached hydrogen (secondary N) is 3. The number of carbonyl (C=O) groups is 1. The van der Waals surface area contributed by atoms with Gasteiger partial charge in [-0.15, -0.1) is 0 Å². The lowest BCUT2D eigenvalue weighted by molar-refractivity contribution is -0.115. The highest BCUT2D eigenvalue weighted by Crippen LogP contribution is 2.17. The van der Waals surface area contributed by atoms with Crippen LogP contribution in [0, 0.1) is 0 Å². The predicted molar refractivity (Wildman–Crippen MR) is 84.2 cm³/mol. The Balaban J connectivity index is 1.73. The number of pyridine rings is 1. The van der Waals surface area contributed by atoms with E-state index in [-0.39, 0.29) is 12.5 Å². The molecule has 1 heterocycles. The number of rotatable bonds is 4. The molecule has 6 heteroatoms. The maximum atomic E-state index is 11.8. The Bertz CT molecular complexity index is 468. The summed E-state index contributed by atoms with van der Waals surface area (Å²) in [4.78, 5) is 20.0. The molecule has 1 saturated carbocycles. The molecule has 1 amide bonds. The highest BCUT2D eigenvalue weighted by molar-refractivity contribution is 5.94. The molecule has 0 radical (unpaired) electrons. The number of aliphatic imine (C=N–C) groups is 1. The molecule has 0 aliphatic heterocycles. The quantitative estimate of drug-likeness (QED) is 0.580. The molecular weight excluding hydrogens is 266 g/mol. The molecule has 2 rings (SSSR count). The van der Waals surface area contributed by atoms with Crippen LogP contribution in [-0.4, -0.2) is 36.5 Å². The second kappa shape index (κ2) is 8.24. The fourth-order valence-corrected chi connectivity index (χ4v) is 2.44. The maximum Gasteiger partial charge on any atom is 0.243 e. The summed E-state index contributed by atoms with van der Waals surface area (Å²) in [5.41, 5.74) is 0.694. The molecular formula is C15H23N5O. The van der Waals surface area contributed by atoms with Gasteiger partial charge in [0.15, 0.2) is 5.96 Å². The summed E-state index contributed by atoms with van der Waals surface area (Å²) in [6.07, 6.45) is 9.46. The second-order valence-electron chi connectivity index (χ2n) is 5.19. The van der Waals surface area contributed by atoms with Gasteiger partial charge in [0, 0.05) is 19.3 Å². The predicted octanol–water partition coefficient (Wildman–Crippen LogP) is 1.52. The van der Waals surface area contributed by atoms with Gasteiger partial charge in [0.25, 0.3) is 0 Å². The van der Waals surface area contributed by atoms with Crippen LogP contribution in [0.4, 0.5) is 5.69 Å². The minimum absolute atomic E-state index is 0.116. The van der Waals surface area contributed by atoms with E-state index in [1.165, 1.54) is 32.1 Å². The van der Waals surface area contributed by atoms with E-state index in [1.807, 2.05) is 0 Å². The number of hydrogen-bond donors (Lipinski definition) is 3. The first kappa shape index (κ1) is 15.3. The third kappa shape index (κ3) is 5.41. The lowest BCUT2D eigenvalue weighted by Gasteiger charge is -2.24. The van der Waals surface area contributed by atoms with Crippen molar-refractivity contribution in [1.82, 2.24) is 15.6 Å². The van der Waals surface area contributed by atoms with Crippen molar-refractivity contribution in [3.63, 3.8) is 0 Å². The number of guanidine groups is 1. The summed E-state index contributed by atoms with van der Waals surface area (Å²) in [5, 5.41) is 9.19. The average Bonchev–Trinajstić information content (AvgIpc) is 2.53.